The highest BCUT2D eigenvalue weighted by atomic mass is 35.5. The van der Waals surface area contributed by atoms with Gasteiger partial charge >= 0.3 is 0 Å². The summed E-state index contributed by atoms with van der Waals surface area (Å²) in [4.78, 5) is 7.72. The molecule has 0 aliphatic rings. The fraction of sp³-hybridized carbons (Fsp3) is 0.0909. The average Bonchev–Trinajstić information content (AvgIpc) is 2.33. The number of nitrogens with zero attached hydrogens (tertiary/aromatic N) is 2. The lowest BCUT2D eigenvalue weighted by molar-refractivity contribution is 0.415. The normalized spacial score (nSPS) is 10.2. The van der Waals surface area contributed by atoms with Gasteiger partial charge in [-0.3, -0.25) is 0 Å². The molecular weight excluding hydrogens is 259 g/mol. The van der Waals surface area contributed by atoms with Crippen molar-refractivity contribution in [1.29, 1.82) is 0 Å². The molecule has 1 heterocycles. The second-order valence-corrected chi connectivity index (χ2v) is 3.83. The molecule has 0 radical (unpaired) electrons. The first-order valence-corrected chi connectivity index (χ1v) is 5.36. The Hall–Kier alpha value is -2.08. The van der Waals surface area contributed by atoms with E-state index in [1.165, 1.54) is 25.6 Å². The van der Waals surface area contributed by atoms with Crippen molar-refractivity contribution < 1.29 is 9.13 Å². The Balaban J connectivity index is 2.37. The van der Waals surface area contributed by atoms with Gasteiger partial charge in [0.2, 0.25) is 5.75 Å². The van der Waals surface area contributed by atoms with Gasteiger partial charge in [0, 0.05) is 5.02 Å². The lowest BCUT2D eigenvalue weighted by Gasteiger charge is -2.11. The van der Waals surface area contributed by atoms with Gasteiger partial charge in [0.05, 0.1) is 12.8 Å². The minimum absolute atomic E-state index is 0.171. The van der Waals surface area contributed by atoms with Crippen molar-refractivity contribution in [3.05, 3.63) is 35.4 Å². The van der Waals surface area contributed by atoms with E-state index in [0.717, 1.165) is 0 Å². The van der Waals surface area contributed by atoms with E-state index in [1.54, 1.807) is 6.07 Å². The van der Waals surface area contributed by atoms with Crippen LogP contribution in [0.3, 0.4) is 0 Å². The van der Waals surface area contributed by atoms with Crippen LogP contribution >= 0.6 is 11.6 Å². The van der Waals surface area contributed by atoms with Crippen LogP contribution < -0.4 is 15.8 Å². The van der Waals surface area contributed by atoms with Gasteiger partial charge in [-0.25, -0.2) is 14.4 Å². The van der Waals surface area contributed by atoms with Gasteiger partial charge in [0.15, 0.2) is 11.6 Å². The molecule has 3 N–H and O–H groups in total. The molecule has 5 nitrogen and oxygen atoms in total. The Bertz CT molecular complexity index is 579. The number of hydrogen-bond donors (Lipinski definition) is 2. The smallest absolute Gasteiger partial charge is 0.204 e. The standard InChI is InChI=1S/C11H10ClFN4O/c1-18-9-10(14)15-5-16-11(9)17-8-3-2-6(12)4-7(8)13/h2-5H,1H3,(H3,14,15,16,17). The molecule has 0 saturated carbocycles. The predicted molar refractivity (Wildman–Crippen MR) is 67.7 cm³/mol. The highest BCUT2D eigenvalue weighted by Crippen LogP contribution is 2.30. The number of anilines is 3. The summed E-state index contributed by atoms with van der Waals surface area (Å²) in [6, 6.07) is 4.25. The summed E-state index contributed by atoms with van der Waals surface area (Å²) in [5, 5.41) is 3.08. The molecule has 7 heteroatoms. The summed E-state index contributed by atoms with van der Waals surface area (Å²) in [6.07, 6.45) is 1.26. The summed E-state index contributed by atoms with van der Waals surface area (Å²) < 4.78 is 18.7. The highest BCUT2D eigenvalue weighted by Gasteiger charge is 2.11. The van der Waals surface area contributed by atoms with Gasteiger partial charge in [0.1, 0.15) is 12.1 Å². The number of benzene rings is 1. The number of nitrogens with two attached hydrogens (primary N) is 1. The number of hydrogen-bond acceptors (Lipinski definition) is 5. The van der Waals surface area contributed by atoms with E-state index in [2.05, 4.69) is 15.3 Å². The molecule has 0 bridgehead atoms. The summed E-state index contributed by atoms with van der Waals surface area (Å²) in [6.45, 7) is 0. The molecule has 0 saturated heterocycles. The predicted octanol–water partition coefficient (Wildman–Crippen LogP) is 2.60. The summed E-state index contributed by atoms with van der Waals surface area (Å²) in [5.41, 5.74) is 5.84. The Labute approximate surface area is 108 Å². The largest absolute Gasteiger partial charge is 0.490 e. The molecule has 0 unspecified atom stereocenters. The lowest BCUT2D eigenvalue weighted by atomic mass is 10.3. The van der Waals surface area contributed by atoms with Crippen molar-refractivity contribution in [2.45, 2.75) is 0 Å². The minimum Gasteiger partial charge on any atom is -0.490 e. The third-order valence-electron chi connectivity index (χ3n) is 2.22. The maximum absolute atomic E-state index is 13.6. The van der Waals surface area contributed by atoms with Gasteiger partial charge < -0.3 is 15.8 Å². The number of nitrogens with one attached hydrogen (secondary N) is 1. The number of rotatable bonds is 3. The second kappa shape index (κ2) is 5.05. The third kappa shape index (κ3) is 2.43. The molecule has 94 valence electrons. The van der Waals surface area contributed by atoms with Crippen LogP contribution in [0.15, 0.2) is 24.5 Å². The number of ether oxygens (including phenoxy) is 1. The molecule has 2 rings (SSSR count). The fourth-order valence-electron chi connectivity index (χ4n) is 1.40. The SMILES string of the molecule is COc1c(N)ncnc1Nc1ccc(Cl)cc1F. The fourth-order valence-corrected chi connectivity index (χ4v) is 1.55. The summed E-state index contributed by atoms with van der Waals surface area (Å²) in [5.74, 6) is 0.212. The molecule has 0 fully saturated rings. The second-order valence-electron chi connectivity index (χ2n) is 3.39. The maximum Gasteiger partial charge on any atom is 0.204 e. The van der Waals surface area contributed by atoms with Crippen LogP contribution in [0.4, 0.5) is 21.7 Å². The van der Waals surface area contributed by atoms with Crippen LogP contribution in [0, 0.1) is 5.82 Å². The van der Waals surface area contributed by atoms with E-state index >= 15 is 0 Å². The van der Waals surface area contributed by atoms with E-state index in [9.17, 15) is 4.39 Å². The first-order valence-electron chi connectivity index (χ1n) is 4.98. The number of halogens is 2. The average molecular weight is 269 g/mol. The van der Waals surface area contributed by atoms with Gasteiger partial charge in [-0.1, -0.05) is 11.6 Å². The van der Waals surface area contributed by atoms with Crippen molar-refractivity contribution in [3.63, 3.8) is 0 Å². The molecule has 1 aromatic heterocycles. The lowest BCUT2D eigenvalue weighted by Crippen LogP contribution is -2.03. The highest BCUT2D eigenvalue weighted by molar-refractivity contribution is 6.30. The first-order chi connectivity index (χ1) is 8.61. The van der Waals surface area contributed by atoms with Crippen LogP contribution in [0.1, 0.15) is 0 Å². The van der Waals surface area contributed by atoms with Crippen LogP contribution in [0.2, 0.25) is 5.02 Å². The third-order valence-corrected chi connectivity index (χ3v) is 2.45. The maximum atomic E-state index is 13.6. The molecule has 0 spiro atoms. The van der Waals surface area contributed by atoms with Gasteiger partial charge in [0.25, 0.3) is 0 Å². The van der Waals surface area contributed by atoms with Crippen LogP contribution in [0.25, 0.3) is 0 Å². The van der Waals surface area contributed by atoms with E-state index in [-0.39, 0.29) is 23.1 Å². The zero-order valence-electron chi connectivity index (χ0n) is 9.45. The Morgan fingerprint density at radius 3 is 2.83 bits per heavy atom. The van der Waals surface area contributed by atoms with E-state index in [1.807, 2.05) is 0 Å². The van der Waals surface area contributed by atoms with Crippen molar-refractivity contribution in [2.24, 2.45) is 0 Å². The molecule has 0 aliphatic carbocycles. The Morgan fingerprint density at radius 1 is 1.39 bits per heavy atom. The Kier molecular flexibility index (Phi) is 3.47. The minimum atomic E-state index is -0.498. The molecule has 0 atom stereocenters. The number of methoxy groups -OCH3 is 1. The number of aromatic nitrogens is 2. The van der Waals surface area contributed by atoms with Gasteiger partial charge in [-0.2, -0.15) is 0 Å². The topological polar surface area (TPSA) is 73.1 Å². The summed E-state index contributed by atoms with van der Waals surface area (Å²) in [7, 11) is 1.43. The quantitative estimate of drug-likeness (QED) is 0.895. The molecule has 18 heavy (non-hydrogen) atoms. The van der Waals surface area contributed by atoms with Gasteiger partial charge in [-0.05, 0) is 18.2 Å². The van der Waals surface area contributed by atoms with E-state index in [4.69, 9.17) is 22.1 Å². The van der Waals surface area contributed by atoms with E-state index in [0.29, 0.717) is 5.02 Å². The van der Waals surface area contributed by atoms with Gasteiger partial charge in [-0.15, -0.1) is 0 Å². The van der Waals surface area contributed by atoms with Crippen molar-refractivity contribution >= 4 is 28.9 Å². The molecule has 1 aromatic carbocycles. The zero-order valence-corrected chi connectivity index (χ0v) is 10.2. The molecule has 0 amide bonds. The molecular formula is C11H10ClFN4O. The van der Waals surface area contributed by atoms with Crippen molar-refractivity contribution in [2.75, 3.05) is 18.2 Å². The summed E-state index contributed by atoms with van der Waals surface area (Å²) >= 11 is 5.67. The molecule has 0 aliphatic heterocycles. The zero-order chi connectivity index (χ0) is 13.1. The monoisotopic (exact) mass is 268 g/mol. The molecule has 2 aromatic rings. The number of nitrogen functional groups attached to an aromatic ring is 1. The van der Waals surface area contributed by atoms with Crippen LogP contribution in [-0.4, -0.2) is 17.1 Å². The van der Waals surface area contributed by atoms with Crippen LogP contribution in [0.5, 0.6) is 5.75 Å². The Morgan fingerprint density at radius 2 is 2.17 bits per heavy atom. The van der Waals surface area contributed by atoms with Crippen LogP contribution in [-0.2, 0) is 0 Å². The van der Waals surface area contributed by atoms with Crippen molar-refractivity contribution in [1.82, 2.24) is 9.97 Å². The van der Waals surface area contributed by atoms with E-state index < -0.39 is 5.82 Å². The first kappa shape index (κ1) is 12.4. The van der Waals surface area contributed by atoms with Crippen molar-refractivity contribution in [3.8, 4) is 5.75 Å².